The summed E-state index contributed by atoms with van der Waals surface area (Å²) in [5.41, 5.74) is 1.07. The number of benzene rings is 1. The predicted octanol–water partition coefficient (Wildman–Crippen LogP) is 2.46. The van der Waals surface area contributed by atoms with Crippen LogP contribution in [0.4, 0.5) is 5.13 Å². The van der Waals surface area contributed by atoms with E-state index in [1.54, 1.807) is 43.7 Å². The van der Waals surface area contributed by atoms with Crippen molar-refractivity contribution in [1.29, 1.82) is 0 Å². The maximum Gasteiger partial charge on any atom is 0.257 e. The van der Waals surface area contributed by atoms with E-state index in [9.17, 15) is 9.90 Å². The molecule has 1 unspecified atom stereocenters. The van der Waals surface area contributed by atoms with Gasteiger partial charge in [0, 0.05) is 10.9 Å². The largest absolute Gasteiger partial charge is 0.497 e. The van der Waals surface area contributed by atoms with Gasteiger partial charge in [-0.05, 0) is 31.2 Å². The maximum absolute atomic E-state index is 11.9. The number of aromatic nitrogens is 1. The van der Waals surface area contributed by atoms with Crippen LogP contribution < -0.4 is 10.1 Å². The van der Waals surface area contributed by atoms with Crippen LogP contribution in [0.1, 0.15) is 29.1 Å². The van der Waals surface area contributed by atoms with Gasteiger partial charge in [-0.2, -0.15) is 0 Å². The fourth-order valence-electron chi connectivity index (χ4n) is 1.45. The summed E-state index contributed by atoms with van der Waals surface area (Å²) in [5, 5.41) is 14.2. The van der Waals surface area contributed by atoms with Gasteiger partial charge in [-0.25, -0.2) is 4.98 Å². The minimum absolute atomic E-state index is 0.242. The van der Waals surface area contributed by atoms with Crippen molar-refractivity contribution < 1.29 is 14.6 Å². The Balaban J connectivity index is 2.06. The lowest BCUT2D eigenvalue weighted by Crippen LogP contribution is -2.11. The first-order valence-electron chi connectivity index (χ1n) is 5.69. The number of carbonyl (C=O) groups is 1. The number of hydrogen-bond acceptors (Lipinski definition) is 5. The van der Waals surface area contributed by atoms with Gasteiger partial charge < -0.3 is 9.84 Å². The highest BCUT2D eigenvalue weighted by molar-refractivity contribution is 7.14. The Kier molecular flexibility index (Phi) is 4.13. The molecule has 2 aromatic rings. The monoisotopic (exact) mass is 278 g/mol. The molecule has 1 aromatic heterocycles. The first-order valence-corrected chi connectivity index (χ1v) is 6.57. The van der Waals surface area contributed by atoms with E-state index < -0.39 is 6.10 Å². The quantitative estimate of drug-likeness (QED) is 0.901. The average molecular weight is 278 g/mol. The molecular formula is C13H14N2O3S. The van der Waals surface area contributed by atoms with Crippen LogP contribution in [0.25, 0.3) is 0 Å². The first kappa shape index (κ1) is 13.5. The summed E-state index contributed by atoms with van der Waals surface area (Å²) in [6.07, 6.45) is -0.636. The lowest BCUT2D eigenvalue weighted by Gasteiger charge is -2.03. The van der Waals surface area contributed by atoms with Gasteiger partial charge in [0.1, 0.15) is 5.75 Å². The fourth-order valence-corrected chi connectivity index (χ4v) is 2.24. The number of anilines is 1. The van der Waals surface area contributed by atoms with Crippen molar-refractivity contribution in [3.63, 3.8) is 0 Å². The molecule has 1 amide bonds. The van der Waals surface area contributed by atoms with E-state index in [1.807, 2.05) is 0 Å². The van der Waals surface area contributed by atoms with Crippen molar-refractivity contribution >= 4 is 22.4 Å². The van der Waals surface area contributed by atoms with E-state index >= 15 is 0 Å². The Morgan fingerprint density at radius 1 is 1.42 bits per heavy atom. The molecule has 0 aliphatic carbocycles. The number of rotatable bonds is 4. The average Bonchev–Trinajstić information content (AvgIpc) is 2.87. The zero-order valence-electron chi connectivity index (χ0n) is 10.6. The number of nitrogens with zero attached hydrogens (tertiary/aromatic N) is 1. The maximum atomic E-state index is 11.9. The van der Waals surface area contributed by atoms with Crippen LogP contribution in [0.2, 0.25) is 0 Å². The third kappa shape index (κ3) is 3.30. The number of aliphatic hydroxyl groups is 1. The predicted molar refractivity (Wildman–Crippen MR) is 73.7 cm³/mol. The summed E-state index contributed by atoms with van der Waals surface area (Å²) in [4.78, 5) is 16.1. The fraction of sp³-hybridized carbons (Fsp3) is 0.231. The van der Waals surface area contributed by atoms with Crippen LogP contribution in [0.5, 0.6) is 5.75 Å². The number of carbonyl (C=O) groups excluding carboxylic acids is 1. The van der Waals surface area contributed by atoms with Crippen LogP contribution in [0.3, 0.4) is 0 Å². The highest BCUT2D eigenvalue weighted by Crippen LogP contribution is 2.21. The number of aliphatic hydroxyl groups excluding tert-OH is 1. The van der Waals surface area contributed by atoms with Crippen molar-refractivity contribution in [3.05, 3.63) is 40.9 Å². The van der Waals surface area contributed by atoms with Crippen molar-refractivity contribution in [1.82, 2.24) is 4.98 Å². The summed E-state index contributed by atoms with van der Waals surface area (Å²) in [7, 11) is 1.57. The molecule has 0 bridgehead atoms. The zero-order valence-corrected chi connectivity index (χ0v) is 11.4. The topological polar surface area (TPSA) is 71.5 Å². The number of nitrogens with one attached hydrogen (secondary N) is 1. The lowest BCUT2D eigenvalue weighted by atomic mass is 10.2. The van der Waals surface area contributed by atoms with Crippen LogP contribution >= 0.6 is 11.3 Å². The molecule has 1 heterocycles. The highest BCUT2D eigenvalue weighted by Gasteiger charge is 2.11. The van der Waals surface area contributed by atoms with E-state index in [-0.39, 0.29) is 5.91 Å². The van der Waals surface area contributed by atoms with E-state index in [1.165, 1.54) is 11.3 Å². The van der Waals surface area contributed by atoms with Crippen molar-refractivity contribution in [2.45, 2.75) is 13.0 Å². The summed E-state index contributed by atoms with van der Waals surface area (Å²) in [5.74, 6) is 0.455. The molecule has 2 N–H and O–H groups in total. The number of thiazole rings is 1. The molecule has 0 fully saturated rings. The Morgan fingerprint density at radius 3 is 2.63 bits per heavy atom. The van der Waals surface area contributed by atoms with Crippen molar-refractivity contribution in [2.24, 2.45) is 0 Å². The van der Waals surface area contributed by atoms with E-state index in [4.69, 9.17) is 4.74 Å². The van der Waals surface area contributed by atoms with Gasteiger partial charge in [0.25, 0.3) is 5.91 Å². The van der Waals surface area contributed by atoms with Gasteiger partial charge in [0.15, 0.2) is 5.13 Å². The first-order chi connectivity index (χ1) is 9.10. The van der Waals surface area contributed by atoms with Gasteiger partial charge in [-0.15, -0.1) is 11.3 Å². The van der Waals surface area contributed by atoms with Gasteiger partial charge >= 0.3 is 0 Å². The zero-order chi connectivity index (χ0) is 13.8. The molecule has 19 heavy (non-hydrogen) atoms. The van der Waals surface area contributed by atoms with E-state index in [0.29, 0.717) is 22.1 Å². The molecular weight excluding hydrogens is 264 g/mol. The molecule has 100 valence electrons. The third-order valence-corrected chi connectivity index (χ3v) is 3.30. The molecule has 1 aromatic carbocycles. The second-order valence-electron chi connectivity index (χ2n) is 3.94. The Hall–Kier alpha value is -1.92. The molecule has 5 nitrogen and oxygen atoms in total. The standard InChI is InChI=1S/C13H14N2O3S/c1-8(16)11-7-19-13(14-11)15-12(17)9-3-5-10(18-2)6-4-9/h3-8,16H,1-2H3,(H,14,15,17). The minimum atomic E-state index is -0.636. The lowest BCUT2D eigenvalue weighted by molar-refractivity contribution is 0.102. The molecule has 6 heteroatoms. The van der Waals surface area contributed by atoms with Crippen LogP contribution in [0, 0.1) is 0 Å². The molecule has 0 saturated heterocycles. The summed E-state index contributed by atoms with van der Waals surface area (Å²) in [6, 6.07) is 6.80. The molecule has 1 atom stereocenters. The SMILES string of the molecule is COc1ccc(C(=O)Nc2nc(C(C)O)cs2)cc1. The molecule has 0 saturated carbocycles. The number of amides is 1. The second kappa shape index (κ2) is 5.81. The van der Waals surface area contributed by atoms with Crippen molar-refractivity contribution in [3.8, 4) is 5.75 Å². The number of methoxy groups -OCH3 is 1. The number of ether oxygens (including phenoxy) is 1. The molecule has 0 spiro atoms. The van der Waals surface area contributed by atoms with E-state index in [2.05, 4.69) is 10.3 Å². The molecule has 0 aliphatic rings. The smallest absolute Gasteiger partial charge is 0.257 e. The van der Waals surface area contributed by atoms with Gasteiger partial charge in [-0.3, -0.25) is 10.1 Å². The second-order valence-corrected chi connectivity index (χ2v) is 4.79. The Morgan fingerprint density at radius 2 is 2.11 bits per heavy atom. The van der Waals surface area contributed by atoms with Crippen LogP contribution in [-0.4, -0.2) is 23.1 Å². The van der Waals surface area contributed by atoms with Gasteiger partial charge in [0.05, 0.1) is 18.9 Å². The summed E-state index contributed by atoms with van der Waals surface area (Å²) >= 11 is 1.28. The molecule has 0 aliphatic heterocycles. The van der Waals surface area contributed by atoms with Crippen LogP contribution in [-0.2, 0) is 0 Å². The number of hydrogen-bond donors (Lipinski definition) is 2. The van der Waals surface area contributed by atoms with Gasteiger partial charge in [0.2, 0.25) is 0 Å². The van der Waals surface area contributed by atoms with Crippen molar-refractivity contribution in [2.75, 3.05) is 12.4 Å². The minimum Gasteiger partial charge on any atom is -0.497 e. The summed E-state index contributed by atoms with van der Waals surface area (Å²) in [6.45, 7) is 1.63. The third-order valence-electron chi connectivity index (χ3n) is 2.52. The summed E-state index contributed by atoms with van der Waals surface area (Å²) < 4.78 is 5.03. The van der Waals surface area contributed by atoms with Crippen LogP contribution in [0.15, 0.2) is 29.6 Å². The normalized spacial score (nSPS) is 11.9. The molecule has 0 radical (unpaired) electrons. The highest BCUT2D eigenvalue weighted by atomic mass is 32.1. The molecule has 2 rings (SSSR count). The Labute approximate surface area is 114 Å². The van der Waals surface area contributed by atoms with E-state index in [0.717, 1.165) is 0 Å². The Bertz CT molecular complexity index is 564. The van der Waals surface area contributed by atoms with Gasteiger partial charge in [-0.1, -0.05) is 0 Å².